The molecule has 1 atom stereocenters. The Kier molecular flexibility index (Phi) is 4.88. The van der Waals surface area contributed by atoms with Crippen molar-refractivity contribution >= 4 is 5.91 Å². The topological polar surface area (TPSA) is 75.3 Å². The molecule has 0 saturated heterocycles. The van der Waals surface area contributed by atoms with Crippen molar-refractivity contribution in [1.82, 2.24) is 5.32 Å². The van der Waals surface area contributed by atoms with Crippen LogP contribution < -0.4 is 11.1 Å². The van der Waals surface area contributed by atoms with Crippen LogP contribution in [0, 0.1) is 5.92 Å². The molecular weight excluding hydrogens is 132 g/mol. The van der Waals surface area contributed by atoms with Crippen LogP contribution in [0.15, 0.2) is 0 Å². The van der Waals surface area contributed by atoms with Crippen LogP contribution >= 0.6 is 0 Å². The molecule has 1 unspecified atom stereocenters. The van der Waals surface area contributed by atoms with Crippen molar-refractivity contribution in [3.63, 3.8) is 0 Å². The van der Waals surface area contributed by atoms with Crippen molar-refractivity contribution in [3.8, 4) is 0 Å². The average molecular weight is 146 g/mol. The third-order valence-electron chi connectivity index (χ3n) is 1.22. The quantitative estimate of drug-likeness (QED) is 0.421. The van der Waals surface area contributed by atoms with Gasteiger partial charge in [-0.15, -0.1) is 0 Å². The van der Waals surface area contributed by atoms with E-state index in [0.717, 1.165) is 0 Å². The summed E-state index contributed by atoms with van der Waals surface area (Å²) in [5, 5.41) is 11.2. The average Bonchev–Trinajstić information content (AvgIpc) is 1.88. The summed E-state index contributed by atoms with van der Waals surface area (Å²) in [6.45, 7) is 2.88. The van der Waals surface area contributed by atoms with Gasteiger partial charge in [0.05, 0.1) is 6.61 Å². The number of carbonyl (C=O) groups excluding carboxylic acids is 1. The molecular formula is C6H14N2O2. The van der Waals surface area contributed by atoms with Gasteiger partial charge in [0, 0.05) is 19.0 Å². The van der Waals surface area contributed by atoms with E-state index in [1.54, 1.807) is 6.92 Å². The molecule has 0 rings (SSSR count). The van der Waals surface area contributed by atoms with Crippen molar-refractivity contribution < 1.29 is 9.90 Å². The Labute approximate surface area is 60.4 Å². The third kappa shape index (κ3) is 4.29. The first-order chi connectivity index (χ1) is 4.68. The van der Waals surface area contributed by atoms with Crippen LogP contribution in [0.1, 0.15) is 6.92 Å². The Hall–Kier alpha value is -0.610. The molecule has 4 nitrogen and oxygen atoms in total. The van der Waals surface area contributed by atoms with Crippen molar-refractivity contribution in [2.24, 2.45) is 11.7 Å². The lowest BCUT2D eigenvalue weighted by Crippen LogP contribution is -2.32. The van der Waals surface area contributed by atoms with Crippen LogP contribution in [0.4, 0.5) is 0 Å². The van der Waals surface area contributed by atoms with Crippen LogP contribution in [-0.2, 0) is 4.79 Å². The number of primary amides is 1. The minimum absolute atomic E-state index is 0.0888. The molecule has 0 aromatic heterocycles. The Morgan fingerprint density at radius 3 is 2.80 bits per heavy atom. The first-order valence-electron chi connectivity index (χ1n) is 3.29. The zero-order valence-corrected chi connectivity index (χ0v) is 6.13. The van der Waals surface area contributed by atoms with E-state index in [2.05, 4.69) is 5.32 Å². The molecule has 0 fully saturated rings. The highest BCUT2D eigenvalue weighted by Gasteiger charge is 2.05. The molecule has 0 aliphatic carbocycles. The van der Waals surface area contributed by atoms with Crippen LogP contribution in [0.5, 0.6) is 0 Å². The Morgan fingerprint density at radius 2 is 2.40 bits per heavy atom. The fourth-order valence-corrected chi connectivity index (χ4v) is 0.498. The highest BCUT2D eigenvalue weighted by atomic mass is 16.3. The van der Waals surface area contributed by atoms with Gasteiger partial charge < -0.3 is 16.2 Å². The lowest BCUT2D eigenvalue weighted by atomic mass is 10.2. The second kappa shape index (κ2) is 5.20. The van der Waals surface area contributed by atoms with Gasteiger partial charge in [-0.25, -0.2) is 0 Å². The lowest BCUT2D eigenvalue weighted by Gasteiger charge is -2.06. The molecule has 0 spiro atoms. The summed E-state index contributed by atoms with van der Waals surface area (Å²) in [6.07, 6.45) is 0. The largest absolute Gasteiger partial charge is 0.395 e. The molecule has 0 saturated carbocycles. The number of hydrogen-bond acceptors (Lipinski definition) is 3. The third-order valence-corrected chi connectivity index (χ3v) is 1.22. The summed E-state index contributed by atoms with van der Waals surface area (Å²) in [5.74, 6) is -0.475. The fraction of sp³-hybridized carbons (Fsp3) is 0.833. The lowest BCUT2D eigenvalue weighted by molar-refractivity contribution is -0.121. The predicted octanol–water partition coefficient (Wildman–Crippen LogP) is -1.31. The maximum atomic E-state index is 10.4. The smallest absolute Gasteiger partial charge is 0.221 e. The van der Waals surface area contributed by atoms with Gasteiger partial charge in [0.15, 0.2) is 0 Å². The summed E-state index contributed by atoms with van der Waals surface area (Å²) in [4.78, 5) is 10.4. The molecule has 0 heterocycles. The fourth-order valence-electron chi connectivity index (χ4n) is 0.498. The number of rotatable bonds is 5. The minimum Gasteiger partial charge on any atom is -0.395 e. The number of nitrogens with one attached hydrogen (secondary N) is 1. The van der Waals surface area contributed by atoms with Gasteiger partial charge in [0.1, 0.15) is 0 Å². The van der Waals surface area contributed by atoms with Crippen LogP contribution in [-0.4, -0.2) is 30.7 Å². The molecule has 1 amide bonds. The summed E-state index contributed by atoms with van der Waals surface area (Å²) in [5.41, 5.74) is 4.98. The normalized spacial score (nSPS) is 13.0. The predicted molar refractivity (Wildman–Crippen MR) is 38.3 cm³/mol. The van der Waals surface area contributed by atoms with Gasteiger partial charge in [-0.1, -0.05) is 6.92 Å². The number of aliphatic hydroxyl groups is 1. The molecule has 0 radical (unpaired) electrons. The first kappa shape index (κ1) is 9.39. The van der Waals surface area contributed by atoms with E-state index in [4.69, 9.17) is 10.8 Å². The number of aliphatic hydroxyl groups excluding tert-OH is 1. The number of carbonyl (C=O) groups is 1. The van der Waals surface area contributed by atoms with Crippen LogP contribution in [0.25, 0.3) is 0 Å². The Bertz CT molecular complexity index is 106. The molecule has 4 heteroatoms. The van der Waals surface area contributed by atoms with Gasteiger partial charge in [0.2, 0.25) is 5.91 Å². The van der Waals surface area contributed by atoms with E-state index in [1.165, 1.54) is 0 Å². The number of hydrogen-bond donors (Lipinski definition) is 3. The second-order valence-electron chi connectivity index (χ2n) is 2.23. The van der Waals surface area contributed by atoms with E-state index < -0.39 is 0 Å². The van der Waals surface area contributed by atoms with Crippen molar-refractivity contribution in [1.29, 1.82) is 0 Å². The van der Waals surface area contributed by atoms with E-state index in [-0.39, 0.29) is 18.4 Å². The van der Waals surface area contributed by atoms with Gasteiger partial charge in [0.25, 0.3) is 0 Å². The minimum atomic E-state index is -0.314. The zero-order chi connectivity index (χ0) is 7.98. The van der Waals surface area contributed by atoms with E-state index in [0.29, 0.717) is 13.1 Å². The molecule has 0 aromatic carbocycles. The monoisotopic (exact) mass is 146 g/mol. The molecule has 4 N–H and O–H groups in total. The molecule has 60 valence electrons. The Balaban J connectivity index is 3.21. The van der Waals surface area contributed by atoms with Crippen molar-refractivity contribution in [3.05, 3.63) is 0 Å². The van der Waals surface area contributed by atoms with Gasteiger partial charge in [-0.3, -0.25) is 4.79 Å². The van der Waals surface area contributed by atoms with Crippen LogP contribution in [0.3, 0.4) is 0 Å². The summed E-state index contributed by atoms with van der Waals surface area (Å²) in [6, 6.07) is 0. The highest BCUT2D eigenvalue weighted by molar-refractivity contribution is 5.76. The van der Waals surface area contributed by atoms with Crippen molar-refractivity contribution in [2.75, 3.05) is 19.7 Å². The maximum absolute atomic E-state index is 10.4. The summed E-state index contributed by atoms with van der Waals surface area (Å²) < 4.78 is 0. The van der Waals surface area contributed by atoms with E-state index in [9.17, 15) is 4.79 Å². The summed E-state index contributed by atoms with van der Waals surface area (Å²) in [7, 11) is 0. The standard InChI is InChI=1S/C6H14N2O2/c1-5(6(7)10)4-8-2-3-9/h5,8-9H,2-4H2,1H3,(H2,7,10). The highest BCUT2D eigenvalue weighted by Crippen LogP contribution is 1.87. The SMILES string of the molecule is CC(CNCCO)C(N)=O. The number of amides is 1. The number of nitrogens with two attached hydrogens (primary N) is 1. The Morgan fingerprint density at radius 1 is 1.80 bits per heavy atom. The van der Waals surface area contributed by atoms with Gasteiger partial charge in [-0.05, 0) is 0 Å². The zero-order valence-electron chi connectivity index (χ0n) is 6.13. The van der Waals surface area contributed by atoms with Gasteiger partial charge >= 0.3 is 0 Å². The molecule has 0 aromatic rings. The van der Waals surface area contributed by atoms with E-state index >= 15 is 0 Å². The van der Waals surface area contributed by atoms with Gasteiger partial charge in [-0.2, -0.15) is 0 Å². The second-order valence-corrected chi connectivity index (χ2v) is 2.23. The molecule has 0 bridgehead atoms. The molecule has 10 heavy (non-hydrogen) atoms. The summed E-state index contributed by atoms with van der Waals surface area (Å²) >= 11 is 0. The van der Waals surface area contributed by atoms with Crippen molar-refractivity contribution in [2.45, 2.75) is 6.92 Å². The van der Waals surface area contributed by atoms with Crippen LogP contribution in [0.2, 0.25) is 0 Å². The maximum Gasteiger partial charge on any atom is 0.221 e. The van der Waals surface area contributed by atoms with E-state index in [1.807, 2.05) is 0 Å². The molecule has 0 aliphatic heterocycles. The first-order valence-corrected chi connectivity index (χ1v) is 3.29. The molecule has 0 aliphatic rings.